The van der Waals surface area contributed by atoms with E-state index in [0.717, 1.165) is 66.4 Å². The molecule has 3 aliphatic carbocycles. The molecule has 0 spiro atoms. The maximum atomic E-state index is 13.5. The van der Waals surface area contributed by atoms with Gasteiger partial charge in [-0.15, -0.1) is 0 Å². The third-order valence-electron chi connectivity index (χ3n) is 8.75. The van der Waals surface area contributed by atoms with Crippen LogP contribution in [0.5, 0.6) is 5.75 Å². The van der Waals surface area contributed by atoms with Gasteiger partial charge in [-0.1, -0.05) is 49.6 Å². The molecule has 0 aromatic heterocycles. The molecule has 36 heavy (non-hydrogen) atoms. The average molecular weight is 505 g/mol. The zero-order valence-corrected chi connectivity index (χ0v) is 22.8. The Kier molecular flexibility index (Phi) is 5.97. The van der Waals surface area contributed by atoms with Crippen LogP contribution >= 0.6 is 7.82 Å². The summed E-state index contributed by atoms with van der Waals surface area (Å²) in [6.45, 7) is 8.50. The fourth-order valence-electron chi connectivity index (χ4n) is 7.37. The molecule has 3 atom stereocenters. The Morgan fingerprint density at radius 3 is 2.42 bits per heavy atom. The molecule has 0 saturated heterocycles. The van der Waals surface area contributed by atoms with Crippen LogP contribution in [0.3, 0.4) is 0 Å². The van der Waals surface area contributed by atoms with Crippen LogP contribution in [0, 0.1) is 32.6 Å². The lowest BCUT2D eigenvalue weighted by Gasteiger charge is -2.38. The molecule has 1 heterocycles. The largest absolute Gasteiger partial charge is 0.584 e. The second kappa shape index (κ2) is 8.92. The number of aryl methyl sites for hydroxylation is 5. The van der Waals surface area contributed by atoms with Crippen molar-refractivity contribution in [1.29, 1.82) is 0 Å². The van der Waals surface area contributed by atoms with E-state index in [1.165, 1.54) is 47.1 Å². The van der Waals surface area contributed by atoms with Crippen molar-refractivity contribution in [1.82, 2.24) is 0 Å². The summed E-state index contributed by atoms with van der Waals surface area (Å²) in [5.41, 5.74) is 11.6. The molecule has 1 saturated carbocycles. The van der Waals surface area contributed by atoms with E-state index in [4.69, 9.17) is 9.05 Å². The highest BCUT2D eigenvalue weighted by Gasteiger charge is 2.45. The van der Waals surface area contributed by atoms with E-state index in [9.17, 15) is 9.46 Å². The standard InChI is InChI=1S/C31H37O4P/c1-5-21-16-22-10-6-8-12-24(22)28-29-25-13-9-7-11-23(25)17-26(27-19(3)14-18(2)15-20(27)4)31(29)35-36(32,33)34-30(21)28/h14-17,23,25H,5-13H2,1-4H3,(H,32,33). The summed E-state index contributed by atoms with van der Waals surface area (Å²) in [7, 11) is -4.37. The molecule has 4 nitrogen and oxygen atoms in total. The molecular weight excluding hydrogens is 467 g/mol. The van der Waals surface area contributed by atoms with Gasteiger partial charge < -0.3 is 9.05 Å². The fourth-order valence-corrected chi connectivity index (χ4v) is 8.27. The molecular formula is C31H37O4P. The number of fused-ring (bicyclic) bond motifs is 6. The van der Waals surface area contributed by atoms with Gasteiger partial charge in [0, 0.05) is 16.7 Å². The topological polar surface area (TPSA) is 55.8 Å². The number of allylic oxidation sites excluding steroid dienone is 3. The first-order chi connectivity index (χ1) is 17.3. The maximum absolute atomic E-state index is 13.5. The lowest BCUT2D eigenvalue weighted by Crippen LogP contribution is -2.25. The Hall–Kier alpha value is -2.29. The third-order valence-corrected chi connectivity index (χ3v) is 9.58. The first-order valence-electron chi connectivity index (χ1n) is 13.7. The molecule has 4 aliphatic rings. The van der Waals surface area contributed by atoms with Gasteiger partial charge in [-0.2, -0.15) is 0 Å². The highest BCUT2D eigenvalue weighted by atomic mass is 31.2. The monoisotopic (exact) mass is 504 g/mol. The first kappa shape index (κ1) is 24.1. The van der Waals surface area contributed by atoms with Gasteiger partial charge in [0.05, 0.1) is 0 Å². The molecule has 3 unspecified atom stereocenters. The summed E-state index contributed by atoms with van der Waals surface area (Å²) in [5.74, 6) is 1.85. The van der Waals surface area contributed by atoms with Gasteiger partial charge in [0.15, 0.2) is 0 Å². The van der Waals surface area contributed by atoms with Crippen LogP contribution in [0.2, 0.25) is 0 Å². The summed E-state index contributed by atoms with van der Waals surface area (Å²) in [5, 5.41) is 0. The quantitative estimate of drug-likeness (QED) is 0.419. The molecule has 190 valence electrons. The van der Waals surface area contributed by atoms with E-state index in [1.807, 2.05) is 0 Å². The predicted molar refractivity (Wildman–Crippen MR) is 145 cm³/mol. The van der Waals surface area contributed by atoms with Crippen molar-refractivity contribution in [3.05, 3.63) is 74.5 Å². The van der Waals surface area contributed by atoms with Gasteiger partial charge in [0.1, 0.15) is 11.5 Å². The summed E-state index contributed by atoms with van der Waals surface area (Å²) in [4.78, 5) is 11.1. The molecule has 5 heteroatoms. The molecule has 0 radical (unpaired) electrons. The Bertz CT molecular complexity index is 1340. The molecule has 0 amide bonds. The van der Waals surface area contributed by atoms with Gasteiger partial charge in [-0.3, -0.25) is 4.89 Å². The van der Waals surface area contributed by atoms with E-state index >= 15 is 0 Å². The molecule has 1 N–H and O–H groups in total. The number of phosphoric ester groups is 1. The number of phosphoric acid groups is 1. The number of benzene rings is 2. The summed E-state index contributed by atoms with van der Waals surface area (Å²) in [6.07, 6.45) is 12.1. The van der Waals surface area contributed by atoms with Gasteiger partial charge in [-0.05, 0) is 111 Å². The number of hydrogen-bond donors (Lipinski definition) is 1. The third kappa shape index (κ3) is 3.89. The highest BCUT2D eigenvalue weighted by molar-refractivity contribution is 7.48. The maximum Gasteiger partial charge on any atom is 0.584 e. The van der Waals surface area contributed by atoms with Crippen molar-refractivity contribution in [3.63, 3.8) is 0 Å². The lowest BCUT2D eigenvalue weighted by molar-refractivity contribution is 0.256. The van der Waals surface area contributed by atoms with Gasteiger partial charge in [0.25, 0.3) is 0 Å². The van der Waals surface area contributed by atoms with E-state index < -0.39 is 7.82 Å². The Balaban J connectivity index is 1.71. The average Bonchev–Trinajstić information content (AvgIpc) is 2.96. The van der Waals surface area contributed by atoms with Crippen LogP contribution in [0.4, 0.5) is 0 Å². The number of hydrogen-bond acceptors (Lipinski definition) is 3. The second-order valence-electron chi connectivity index (χ2n) is 11.2. The highest BCUT2D eigenvalue weighted by Crippen LogP contribution is 2.61. The molecule has 2 aromatic rings. The van der Waals surface area contributed by atoms with Crippen LogP contribution in [0.25, 0.3) is 11.1 Å². The van der Waals surface area contributed by atoms with E-state index in [0.29, 0.717) is 17.4 Å². The summed E-state index contributed by atoms with van der Waals surface area (Å²) >= 11 is 0. The molecule has 2 aromatic carbocycles. The molecule has 0 bridgehead atoms. The van der Waals surface area contributed by atoms with Crippen LogP contribution in [-0.4, -0.2) is 4.89 Å². The van der Waals surface area contributed by atoms with Crippen LogP contribution in [0.1, 0.15) is 90.0 Å². The molecule has 6 rings (SSSR count). The van der Waals surface area contributed by atoms with Crippen LogP contribution in [0.15, 0.2) is 30.0 Å². The Morgan fingerprint density at radius 2 is 1.67 bits per heavy atom. The zero-order chi connectivity index (χ0) is 25.2. The lowest BCUT2D eigenvalue weighted by atomic mass is 9.66. The van der Waals surface area contributed by atoms with E-state index in [-0.39, 0.29) is 5.92 Å². The Labute approximate surface area is 215 Å². The number of rotatable bonds is 2. The van der Waals surface area contributed by atoms with Crippen molar-refractivity contribution >= 4 is 19.0 Å². The first-order valence-corrected chi connectivity index (χ1v) is 15.2. The summed E-state index contributed by atoms with van der Waals surface area (Å²) < 4.78 is 25.6. The minimum atomic E-state index is -4.37. The van der Waals surface area contributed by atoms with Gasteiger partial charge in [0.2, 0.25) is 0 Å². The SMILES string of the molecule is CCc1cc2c(c3c1OP(=O)(O)OC1=C3C3CCCCC3C=C1c1c(C)cc(C)cc1C)CCCC2. The van der Waals surface area contributed by atoms with Crippen molar-refractivity contribution in [2.45, 2.75) is 85.5 Å². The van der Waals surface area contributed by atoms with E-state index in [2.05, 4.69) is 52.0 Å². The smallest absolute Gasteiger partial charge is 0.394 e. The van der Waals surface area contributed by atoms with Crippen molar-refractivity contribution < 1.29 is 18.5 Å². The minimum Gasteiger partial charge on any atom is -0.394 e. The Morgan fingerprint density at radius 1 is 0.944 bits per heavy atom. The normalized spacial score (nSPS) is 27.0. The van der Waals surface area contributed by atoms with Gasteiger partial charge >= 0.3 is 7.82 Å². The minimum absolute atomic E-state index is 0.280. The zero-order valence-electron chi connectivity index (χ0n) is 21.9. The van der Waals surface area contributed by atoms with Gasteiger partial charge in [-0.25, -0.2) is 4.57 Å². The summed E-state index contributed by atoms with van der Waals surface area (Å²) in [6, 6.07) is 6.63. The van der Waals surface area contributed by atoms with Crippen molar-refractivity contribution in [3.8, 4) is 5.75 Å². The van der Waals surface area contributed by atoms with Crippen molar-refractivity contribution in [2.24, 2.45) is 11.8 Å². The van der Waals surface area contributed by atoms with Crippen LogP contribution in [-0.2, 0) is 28.4 Å². The van der Waals surface area contributed by atoms with Crippen molar-refractivity contribution in [2.75, 3.05) is 0 Å². The van der Waals surface area contributed by atoms with Crippen LogP contribution < -0.4 is 4.52 Å². The predicted octanol–water partition coefficient (Wildman–Crippen LogP) is 8.18. The fraction of sp³-hybridized carbons (Fsp3) is 0.484. The molecule has 1 fully saturated rings. The molecule has 1 aliphatic heterocycles. The van der Waals surface area contributed by atoms with E-state index in [1.54, 1.807) is 0 Å². The second-order valence-corrected chi connectivity index (χ2v) is 12.5.